The molecule has 78 valence electrons. The molecule has 4 N–H and O–H groups in total. The summed E-state index contributed by atoms with van der Waals surface area (Å²) >= 11 is 0. The SMILES string of the molecule is Nc1ccn(C(CO)CCO)c(=O)n1. The van der Waals surface area contributed by atoms with Crippen molar-refractivity contribution in [2.45, 2.75) is 12.5 Å². The third kappa shape index (κ3) is 2.30. The molecule has 0 bridgehead atoms. The number of nitrogen functional groups attached to an aromatic ring is 1. The van der Waals surface area contributed by atoms with Crippen molar-refractivity contribution in [2.75, 3.05) is 18.9 Å². The van der Waals surface area contributed by atoms with Gasteiger partial charge in [0.25, 0.3) is 0 Å². The number of anilines is 1. The number of aromatic nitrogens is 2. The van der Waals surface area contributed by atoms with Crippen molar-refractivity contribution in [1.29, 1.82) is 0 Å². The molecule has 0 aliphatic rings. The summed E-state index contributed by atoms with van der Waals surface area (Å²) in [6.07, 6.45) is 1.77. The molecule has 0 radical (unpaired) electrons. The van der Waals surface area contributed by atoms with Crippen LogP contribution in [-0.2, 0) is 0 Å². The molecule has 0 spiro atoms. The summed E-state index contributed by atoms with van der Waals surface area (Å²) in [4.78, 5) is 14.8. The van der Waals surface area contributed by atoms with E-state index in [1.165, 1.54) is 16.8 Å². The van der Waals surface area contributed by atoms with Crippen molar-refractivity contribution in [1.82, 2.24) is 9.55 Å². The molecule has 0 aliphatic carbocycles. The molecule has 0 aliphatic heterocycles. The Hall–Kier alpha value is -1.40. The molecule has 6 nitrogen and oxygen atoms in total. The summed E-state index contributed by atoms with van der Waals surface area (Å²) in [5.41, 5.74) is 4.79. The lowest BCUT2D eigenvalue weighted by Gasteiger charge is -2.15. The molecule has 0 fully saturated rings. The summed E-state index contributed by atoms with van der Waals surface area (Å²) in [5.74, 6) is 0.145. The van der Waals surface area contributed by atoms with E-state index in [0.717, 1.165) is 0 Å². The van der Waals surface area contributed by atoms with Crippen molar-refractivity contribution in [3.05, 3.63) is 22.7 Å². The lowest BCUT2D eigenvalue weighted by Crippen LogP contribution is -2.29. The Balaban J connectivity index is 2.98. The number of nitrogens with two attached hydrogens (primary N) is 1. The predicted molar refractivity (Wildman–Crippen MR) is 50.7 cm³/mol. The molecule has 0 amide bonds. The van der Waals surface area contributed by atoms with Crippen molar-refractivity contribution in [3.8, 4) is 0 Å². The summed E-state index contributed by atoms with van der Waals surface area (Å²) in [6.45, 7) is -0.311. The van der Waals surface area contributed by atoms with Gasteiger partial charge in [0.1, 0.15) is 5.82 Å². The van der Waals surface area contributed by atoms with E-state index in [-0.39, 0.29) is 19.0 Å². The number of aliphatic hydroxyl groups is 2. The molecule has 1 atom stereocenters. The average Bonchev–Trinajstić information content (AvgIpc) is 2.15. The fourth-order valence-electron chi connectivity index (χ4n) is 1.17. The lowest BCUT2D eigenvalue weighted by atomic mass is 10.2. The topological polar surface area (TPSA) is 101 Å². The highest BCUT2D eigenvalue weighted by Crippen LogP contribution is 2.06. The minimum Gasteiger partial charge on any atom is -0.396 e. The number of hydrogen-bond acceptors (Lipinski definition) is 5. The largest absolute Gasteiger partial charge is 0.396 e. The maximum atomic E-state index is 11.3. The fourth-order valence-corrected chi connectivity index (χ4v) is 1.17. The fraction of sp³-hybridized carbons (Fsp3) is 0.500. The summed E-state index contributed by atoms with van der Waals surface area (Å²) < 4.78 is 1.26. The molecule has 0 saturated heterocycles. The van der Waals surface area contributed by atoms with E-state index in [4.69, 9.17) is 15.9 Å². The zero-order valence-corrected chi connectivity index (χ0v) is 7.63. The zero-order chi connectivity index (χ0) is 10.6. The van der Waals surface area contributed by atoms with Crippen molar-refractivity contribution >= 4 is 5.82 Å². The van der Waals surface area contributed by atoms with Gasteiger partial charge < -0.3 is 15.9 Å². The van der Waals surface area contributed by atoms with Crippen LogP contribution in [0.3, 0.4) is 0 Å². The van der Waals surface area contributed by atoms with Crippen LogP contribution >= 0.6 is 0 Å². The highest BCUT2D eigenvalue weighted by Gasteiger charge is 2.10. The Kier molecular flexibility index (Phi) is 3.61. The van der Waals surface area contributed by atoms with Gasteiger partial charge in [-0.2, -0.15) is 4.98 Å². The monoisotopic (exact) mass is 199 g/mol. The highest BCUT2D eigenvalue weighted by atomic mass is 16.3. The predicted octanol–water partition coefficient (Wildman–Crippen LogP) is -1.26. The van der Waals surface area contributed by atoms with Gasteiger partial charge in [0, 0.05) is 12.8 Å². The first-order valence-electron chi connectivity index (χ1n) is 4.25. The zero-order valence-electron chi connectivity index (χ0n) is 7.63. The summed E-state index contributed by atoms with van der Waals surface area (Å²) in [6, 6.07) is 1.03. The van der Waals surface area contributed by atoms with Gasteiger partial charge in [-0.25, -0.2) is 4.79 Å². The van der Waals surface area contributed by atoms with E-state index in [9.17, 15) is 4.79 Å². The second-order valence-corrected chi connectivity index (χ2v) is 2.89. The van der Waals surface area contributed by atoms with Crippen LogP contribution in [-0.4, -0.2) is 33.0 Å². The Morgan fingerprint density at radius 2 is 2.29 bits per heavy atom. The van der Waals surface area contributed by atoms with Crippen molar-refractivity contribution < 1.29 is 10.2 Å². The van der Waals surface area contributed by atoms with Crippen molar-refractivity contribution in [2.24, 2.45) is 0 Å². The van der Waals surface area contributed by atoms with E-state index in [2.05, 4.69) is 4.98 Å². The van der Waals surface area contributed by atoms with Gasteiger partial charge in [-0.1, -0.05) is 0 Å². The molecular formula is C8H13N3O3. The number of hydrogen-bond donors (Lipinski definition) is 3. The quantitative estimate of drug-likeness (QED) is 0.562. The van der Waals surface area contributed by atoms with Gasteiger partial charge in [-0.15, -0.1) is 0 Å². The average molecular weight is 199 g/mol. The first kappa shape index (κ1) is 10.7. The summed E-state index contributed by atoms with van der Waals surface area (Å²) in [5, 5.41) is 17.7. The van der Waals surface area contributed by atoms with Crippen LogP contribution in [0.15, 0.2) is 17.1 Å². The molecule has 0 aromatic carbocycles. The molecule has 6 heteroatoms. The Labute approximate surface area is 80.6 Å². The highest BCUT2D eigenvalue weighted by molar-refractivity contribution is 5.23. The van der Waals surface area contributed by atoms with Crippen LogP contribution in [0.2, 0.25) is 0 Å². The second kappa shape index (κ2) is 4.73. The maximum absolute atomic E-state index is 11.3. The molecule has 0 saturated carbocycles. The van der Waals surface area contributed by atoms with E-state index in [1.54, 1.807) is 0 Å². The second-order valence-electron chi connectivity index (χ2n) is 2.89. The molecule has 1 rings (SSSR count). The molecule has 14 heavy (non-hydrogen) atoms. The minimum atomic E-state index is -0.516. The van der Waals surface area contributed by atoms with Crippen molar-refractivity contribution in [3.63, 3.8) is 0 Å². The number of aliphatic hydroxyl groups excluding tert-OH is 2. The Morgan fingerprint density at radius 3 is 2.79 bits per heavy atom. The van der Waals surface area contributed by atoms with Gasteiger partial charge in [-0.3, -0.25) is 4.57 Å². The van der Waals surface area contributed by atoms with E-state index < -0.39 is 11.7 Å². The van der Waals surface area contributed by atoms with E-state index in [0.29, 0.717) is 6.42 Å². The third-order valence-corrected chi connectivity index (χ3v) is 1.92. The first-order chi connectivity index (χ1) is 6.69. The number of rotatable bonds is 4. The van der Waals surface area contributed by atoms with E-state index in [1.807, 2.05) is 0 Å². The van der Waals surface area contributed by atoms with Crippen LogP contribution < -0.4 is 11.4 Å². The maximum Gasteiger partial charge on any atom is 0.349 e. The Morgan fingerprint density at radius 1 is 1.57 bits per heavy atom. The van der Waals surface area contributed by atoms with Crippen LogP contribution in [0.1, 0.15) is 12.5 Å². The molecule has 1 aromatic heterocycles. The van der Waals surface area contributed by atoms with Crippen LogP contribution in [0.4, 0.5) is 5.82 Å². The van der Waals surface area contributed by atoms with Gasteiger partial charge >= 0.3 is 5.69 Å². The summed E-state index contributed by atoms with van der Waals surface area (Å²) in [7, 11) is 0. The normalized spacial score (nSPS) is 12.7. The smallest absolute Gasteiger partial charge is 0.349 e. The molecular weight excluding hydrogens is 186 g/mol. The van der Waals surface area contributed by atoms with Crippen LogP contribution in [0, 0.1) is 0 Å². The molecule has 1 aromatic rings. The first-order valence-corrected chi connectivity index (χ1v) is 4.25. The van der Waals surface area contributed by atoms with Gasteiger partial charge in [0.05, 0.1) is 12.6 Å². The van der Waals surface area contributed by atoms with Gasteiger partial charge in [0.2, 0.25) is 0 Å². The van der Waals surface area contributed by atoms with Crippen LogP contribution in [0.25, 0.3) is 0 Å². The van der Waals surface area contributed by atoms with Gasteiger partial charge in [-0.05, 0) is 12.5 Å². The van der Waals surface area contributed by atoms with Gasteiger partial charge in [0.15, 0.2) is 0 Å². The molecule has 1 unspecified atom stereocenters. The Bertz CT molecular complexity index is 350. The van der Waals surface area contributed by atoms with E-state index >= 15 is 0 Å². The van der Waals surface area contributed by atoms with Crippen LogP contribution in [0.5, 0.6) is 0 Å². The lowest BCUT2D eigenvalue weighted by molar-refractivity contribution is 0.183. The molecule has 1 heterocycles. The number of nitrogens with zero attached hydrogens (tertiary/aromatic N) is 2. The third-order valence-electron chi connectivity index (χ3n) is 1.92. The standard InChI is InChI=1S/C8H13N3O3/c9-7-1-3-11(8(14)10-7)6(5-13)2-4-12/h1,3,6,12-13H,2,4-5H2,(H2,9,10,14). The minimum absolute atomic E-state index is 0.0952.